The first-order valence-electron chi connectivity index (χ1n) is 3.30. The van der Waals surface area contributed by atoms with Gasteiger partial charge in [-0.25, -0.2) is 13.2 Å². The summed E-state index contributed by atoms with van der Waals surface area (Å²) in [6, 6.07) is 0. The maximum atomic E-state index is 12.2. The third-order valence-corrected chi connectivity index (χ3v) is 2.33. The molecule has 0 aromatic rings. The predicted octanol–water partition coefficient (Wildman–Crippen LogP) is 2.93. The molecule has 0 aliphatic heterocycles. The molecule has 0 spiro atoms. The first-order valence-corrected chi connectivity index (χ1v) is 3.30. The number of hydrogen-bond donors (Lipinski definition) is 0. The van der Waals surface area contributed by atoms with Crippen LogP contribution in [0.15, 0.2) is 0 Å². The highest BCUT2D eigenvalue weighted by molar-refractivity contribution is 5.22. The maximum Gasteiger partial charge on any atom is 0.403 e. The normalized spacial score (nSPS) is 39.8. The minimum absolute atomic E-state index is 0.904. The van der Waals surface area contributed by atoms with Crippen molar-refractivity contribution in [2.45, 2.75) is 31.6 Å². The number of halogens is 6. The molecule has 0 aromatic heterocycles. The highest BCUT2D eigenvalue weighted by Crippen LogP contribution is 2.71. The van der Waals surface area contributed by atoms with E-state index in [-0.39, 0.29) is 0 Å². The Morgan fingerprint density at radius 1 is 1.25 bits per heavy atom. The van der Waals surface area contributed by atoms with Crippen LogP contribution in [0.5, 0.6) is 0 Å². The van der Waals surface area contributed by atoms with Crippen molar-refractivity contribution in [1.82, 2.24) is 0 Å². The summed E-state index contributed by atoms with van der Waals surface area (Å²) in [6.45, 7) is 0.904. The van der Waals surface area contributed by atoms with Crippen molar-refractivity contribution in [3.05, 3.63) is 0 Å². The van der Waals surface area contributed by atoms with Crippen LogP contribution in [0.25, 0.3) is 0 Å². The molecule has 0 amide bonds. The third-order valence-electron chi connectivity index (χ3n) is 2.33. The van der Waals surface area contributed by atoms with Crippen molar-refractivity contribution in [1.29, 1.82) is 0 Å². The van der Waals surface area contributed by atoms with Crippen LogP contribution in [0.3, 0.4) is 0 Å². The predicted molar refractivity (Wildman–Crippen MR) is 28.6 cm³/mol. The molecule has 6 heteroatoms. The van der Waals surface area contributed by atoms with Crippen molar-refractivity contribution in [3.63, 3.8) is 0 Å². The molecule has 1 rings (SSSR count). The lowest BCUT2D eigenvalue weighted by Crippen LogP contribution is -2.30. The monoisotopic (exact) mass is 192 g/mol. The van der Waals surface area contributed by atoms with E-state index < -0.39 is 30.1 Å². The second-order valence-electron chi connectivity index (χ2n) is 2.81. The quantitative estimate of drug-likeness (QED) is 0.560. The number of hydrogen-bond acceptors (Lipinski definition) is 0. The molecule has 72 valence electrons. The lowest BCUT2D eigenvalue weighted by Gasteiger charge is -2.16. The van der Waals surface area contributed by atoms with E-state index in [9.17, 15) is 26.3 Å². The lowest BCUT2D eigenvalue weighted by atomic mass is 10.0. The van der Waals surface area contributed by atoms with E-state index in [1.165, 1.54) is 0 Å². The summed E-state index contributed by atoms with van der Waals surface area (Å²) in [5, 5.41) is 0. The van der Waals surface area contributed by atoms with Crippen LogP contribution >= 0.6 is 0 Å². The fourth-order valence-electron chi connectivity index (χ4n) is 1.36. The average Bonchev–Trinajstić information content (AvgIpc) is 2.28. The van der Waals surface area contributed by atoms with Crippen molar-refractivity contribution in [2.75, 3.05) is 0 Å². The Labute approximate surface area is 64.6 Å². The van der Waals surface area contributed by atoms with Crippen LogP contribution in [0.1, 0.15) is 13.3 Å². The van der Waals surface area contributed by atoms with Crippen LogP contribution in [0.2, 0.25) is 0 Å². The van der Waals surface area contributed by atoms with Gasteiger partial charge < -0.3 is 0 Å². The molecule has 1 aliphatic carbocycles. The maximum absolute atomic E-state index is 12.2. The van der Waals surface area contributed by atoms with E-state index >= 15 is 0 Å². The Hall–Kier alpha value is -0.420. The van der Waals surface area contributed by atoms with E-state index in [0.29, 0.717) is 0 Å². The molecule has 0 bridgehead atoms. The van der Waals surface area contributed by atoms with Crippen LogP contribution < -0.4 is 0 Å². The number of alkyl halides is 6. The van der Waals surface area contributed by atoms with Crippen LogP contribution in [-0.2, 0) is 0 Å². The molecular weight excluding hydrogens is 186 g/mol. The summed E-state index contributed by atoms with van der Waals surface area (Å²) >= 11 is 0. The van der Waals surface area contributed by atoms with Gasteiger partial charge in [0.25, 0.3) is 5.92 Å². The van der Waals surface area contributed by atoms with E-state index in [1.807, 2.05) is 0 Å². The molecule has 0 radical (unpaired) electrons. The SMILES string of the molecule is CCC1(C(F)(F)F)C(F)C1(F)F. The molecule has 0 aromatic carbocycles. The Bertz CT molecular complexity index is 183. The van der Waals surface area contributed by atoms with Gasteiger partial charge in [0.05, 0.1) is 0 Å². The van der Waals surface area contributed by atoms with Gasteiger partial charge in [-0.3, -0.25) is 0 Å². The van der Waals surface area contributed by atoms with Gasteiger partial charge in [-0.2, -0.15) is 13.2 Å². The minimum atomic E-state index is -5.16. The van der Waals surface area contributed by atoms with Crippen molar-refractivity contribution >= 4 is 0 Å². The summed E-state index contributed by atoms with van der Waals surface area (Å²) in [4.78, 5) is 0. The van der Waals surface area contributed by atoms with E-state index in [0.717, 1.165) is 6.92 Å². The summed E-state index contributed by atoms with van der Waals surface area (Å²) in [6.07, 6.45) is -9.16. The third kappa shape index (κ3) is 0.754. The van der Waals surface area contributed by atoms with Gasteiger partial charge in [0, 0.05) is 0 Å². The Balaban J connectivity index is 2.99. The van der Waals surface area contributed by atoms with Gasteiger partial charge in [-0.15, -0.1) is 0 Å². The molecule has 2 unspecified atom stereocenters. The van der Waals surface area contributed by atoms with Gasteiger partial charge >= 0.3 is 6.18 Å². The average molecular weight is 192 g/mol. The zero-order valence-electron chi connectivity index (χ0n) is 6.05. The minimum Gasteiger partial charge on any atom is -0.240 e. The molecule has 1 fully saturated rings. The van der Waals surface area contributed by atoms with Crippen LogP contribution in [0, 0.1) is 5.41 Å². The zero-order valence-corrected chi connectivity index (χ0v) is 6.05. The van der Waals surface area contributed by atoms with Gasteiger partial charge in [-0.05, 0) is 6.42 Å². The Kier molecular flexibility index (Phi) is 1.68. The fourth-order valence-corrected chi connectivity index (χ4v) is 1.36. The molecule has 2 atom stereocenters. The van der Waals surface area contributed by atoms with E-state index in [4.69, 9.17) is 0 Å². The van der Waals surface area contributed by atoms with Crippen LogP contribution in [0.4, 0.5) is 26.3 Å². The van der Waals surface area contributed by atoms with Crippen molar-refractivity contribution in [2.24, 2.45) is 5.41 Å². The van der Waals surface area contributed by atoms with Gasteiger partial charge in [0.2, 0.25) is 0 Å². The summed E-state index contributed by atoms with van der Waals surface area (Å²) < 4.78 is 72.5. The summed E-state index contributed by atoms with van der Waals surface area (Å²) in [5.74, 6) is -4.24. The summed E-state index contributed by atoms with van der Waals surface area (Å²) in [7, 11) is 0. The van der Waals surface area contributed by atoms with Gasteiger partial charge in [-0.1, -0.05) is 6.92 Å². The smallest absolute Gasteiger partial charge is 0.240 e. The molecular formula is C6H6F6. The van der Waals surface area contributed by atoms with Crippen molar-refractivity contribution < 1.29 is 26.3 Å². The van der Waals surface area contributed by atoms with E-state index in [2.05, 4.69) is 0 Å². The highest BCUT2D eigenvalue weighted by atomic mass is 19.4. The molecule has 12 heavy (non-hydrogen) atoms. The second kappa shape index (κ2) is 2.09. The summed E-state index contributed by atoms with van der Waals surface area (Å²) in [5.41, 5.74) is -3.42. The Morgan fingerprint density at radius 3 is 1.58 bits per heavy atom. The van der Waals surface area contributed by atoms with Gasteiger partial charge in [0.1, 0.15) is 0 Å². The van der Waals surface area contributed by atoms with E-state index in [1.54, 1.807) is 0 Å². The van der Waals surface area contributed by atoms with Crippen LogP contribution in [-0.4, -0.2) is 18.3 Å². The Morgan fingerprint density at radius 2 is 1.58 bits per heavy atom. The first kappa shape index (κ1) is 9.67. The lowest BCUT2D eigenvalue weighted by molar-refractivity contribution is -0.214. The first-order chi connectivity index (χ1) is 5.22. The zero-order chi connectivity index (χ0) is 9.78. The standard InChI is InChI=1S/C6H6F6/c1-2-4(6(10,11)12)3(7)5(4,8)9/h3H,2H2,1H3. The topological polar surface area (TPSA) is 0 Å². The molecule has 0 nitrogen and oxygen atoms in total. The second-order valence-corrected chi connectivity index (χ2v) is 2.81. The highest BCUT2D eigenvalue weighted by Gasteiger charge is 2.91. The van der Waals surface area contributed by atoms with Crippen molar-refractivity contribution in [3.8, 4) is 0 Å². The number of rotatable bonds is 1. The fraction of sp³-hybridized carbons (Fsp3) is 1.00. The molecule has 1 saturated carbocycles. The molecule has 1 aliphatic rings. The molecule has 0 saturated heterocycles. The molecule has 0 heterocycles. The molecule has 0 N–H and O–H groups in total. The largest absolute Gasteiger partial charge is 0.403 e. The van der Waals surface area contributed by atoms with Gasteiger partial charge in [0.15, 0.2) is 11.6 Å².